The van der Waals surface area contributed by atoms with Gasteiger partial charge in [0.15, 0.2) is 0 Å². The summed E-state index contributed by atoms with van der Waals surface area (Å²) in [6.45, 7) is 5.19. The van der Waals surface area contributed by atoms with E-state index in [9.17, 15) is 13.2 Å². The van der Waals surface area contributed by atoms with Crippen LogP contribution in [0.1, 0.15) is 31.1 Å². The second-order valence-electron chi connectivity index (χ2n) is 6.32. The van der Waals surface area contributed by atoms with Crippen molar-refractivity contribution >= 4 is 21.7 Å². The molecule has 0 atom stereocenters. The number of carbonyl (C=O) groups excluding carboxylic acids is 1. The first-order valence-corrected chi connectivity index (χ1v) is 9.74. The number of ether oxygens (including phenoxy) is 3. The number of hydrogen-bond donors (Lipinski definition) is 2. The molecule has 9 heteroatoms. The molecule has 0 radical (unpaired) electrons. The van der Waals surface area contributed by atoms with E-state index >= 15 is 0 Å². The van der Waals surface area contributed by atoms with Crippen molar-refractivity contribution in [2.75, 3.05) is 12.3 Å². The lowest BCUT2D eigenvalue weighted by atomic mass is 10.1. The standard InChI is InChI=1S/C18H20N2O6S/c1-4-20-27(22,23)11-8-9-13(12(19)10-11)24-14-6-5-7-15-16(14)17(21)26-18(2,3)25-15/h5-10,20H,4,19H2,1-3H3. The van der Waals surface area contributed by atoms with E-state index in [1.807, 2.05) is 0 Å². The van der Waals surface area contributed by atoms with Crippen LogP contribution in [-0.2, 0) is 14.8 Å². The Morgan fingerprint density at radius 1 is 1.15 bits per heavy atom. The number of rotatable bonds is 5. The van der Waals surface area contributed by atoms with Crippen molar-refractivity contribution in [2.24, 2.45) is 0 Å². The summed E-state index contributed by atoms with van der Waals surface area (Å²) >= 11 is 0. The summed E-state index contributed by atoms with van der Waals surface area (Å²) in [5.74, 6) is -0.928. The van der Waals surface area contributed by atoms with Gasteiger partial charge in [0, 0.05) is 20.4 Å². The van der Waals surface area contributed by atoms with Gasteiger partial charge in [-0.05, 0) is 30.3 Å². The number of benzene rings is 2. The minimum Gasteiger partial charge on any atom is -0.454 e. The highest BCUT2D eigenvalue weighted by Gasteiger charge is 2.36. The topological polar surface area (TPSA) is 117 Å². The highest BCUT2D eigenvalue weighted by atomic mass is 32.2. The van der Waals surface area contributed by atoms with Crippen molar-refractivity contribution < 1.29 is 27.4 Å². The predicted molar refractivity (Wildman–Crippen MR) is 98.4 cm³/mol. The lowest BCUT2D eigenvalue weighted by Crippen LogP contribution is -2.38. The maximum absolute atomic E-state index is 12.4. The van der Waals surface area contributed by atoms with Gasteiger partial charge in [0.1, 0.15) is 22.8 Å². The molecular weight excluding hydrogens is 372 g/mol. The van der Waals surface area contributed by atoms with Crippen LogP contribution in [0.5, 0.6) is 17.2 Å². The van der Waals surface area contributed by atoms with Crippen LogP contribution < -0.4 is 19.9 Å². The molecule has 27 heavy (non-hydrogen) atoms. The summed E-state index contributed by atoms with van der Waals surface area (Å²) in [7, 11) is -3.64. The molecule has 0 aromatic heterocycles. The fraction of sp³-hybridized carbons (Fsp3) is 0.278. The molecule has 2 aromatic rings. The van der Waals surface area contributed by atoms with Gasteiger partial charge in [0.2, 0.25) is 15.8 Å². The Bertz CT molecular complexity index is 1000. The molecule has 0 unspecified atom stereocenters. The highest BCUT2D eigenvalue weighted by Crippen LogP contribution is 2.39. The molecule has 0 fully saturated rings. The van der Waals surface area contributed by atoms with Crippen LogP contribution in [0.25, 0.3) is 0 Å². The monoisotopic (exact) mass is 392 g/mol. The Labute approximate surface area is 157 Å². The molecular formula is C18H20N2O6S. The first kappa shape index (κ1) is 19.0. The van der Waals surface area contributed by atoms with Crippen molar-refractivity contribution in [1.82, 2.24) is 4.72 Å². The van der Waals surface area contributed by atoms with E-state index < -0.39 is 21.8 Å². The fourth-order valence-electron chi connectivity index (χ4n) is 2.62. The summed E-state index contributed by atoms with van der Waals surface area (Å²) in [5, 5.41) is 0. The van der Waals surface area contributed by atoms with Gasteiger partial charge >= 0.3 is 5.97 Å². The van der Waals surface area contributed by atoms with E-state index in [4.69, 9.17) is 19.9 Å². The van der Waals surface area contributed by atoms with Crippen molar-refractivity contribution in [3.05, 3.63) is 42.0 Å². The van der Waals surface area contributed by atoms with E-state index in [0.717, 1.165) is 0 Å². The van der Waals surface area contributed by atoms with Crippen molar-refractivity contribution in [3.63, 3.8) is 0 Å². The van der Waals surface area contributed by atoms with Crippen molar-refractivity contribution in [3.8, 4) is 17.2 Å². The Balaban J connectivity index is 1.95. The van der Waals surface area contributed by atoms with Gasteiger partial charge < -0.3 is 19.9 Å². The molecule has 0 spiro atoms. The second kappa shape index (κ2) is 6.75. The highest BCUT2D eigenvalue weighted by molar-refractivity contribution is 7.89. The number of sulfonamides is 1. The number of hydrogen-bond acceptors (Lipinski definition) is 7. The first-order valence-electron chi connectivity index (χ1n) is 8.25. The third-order valence-corrected chi connectivity index (χ3v) is 5.28. The SMILES string of the molecule is CCNS(=O)(=O)c1ccc(Oc2cccc3c2C(=O)OC(C)(C)O3)c(N)c1. The molecule has 0 bridgehead atoms. The van der Waals surface area contributed by atoms with Gasteiger partial charge in [-0.1, -0.05) is 13.0 Å². The second-order valence-corrected chi connectivity index (χ2v) is 8.09. The molecule has 0 saturated heterocycles. The average molecular weight is 392 g/mol. The van der Waals surface area contributed by atoms with Crippen LogP contribution >= 0.6 is 0 Å². The third kappa shape index (κ3) is 3.83. The lowest BCUT2D eigenvalue weighted by Gasteiger charge is -2.32. The zero-order chi connectivity index (χ0) is 19.8. The van der Waals surface area contributed by atoms with Gasteiger partial charge in [-0.25, -0.2) is 17.9 Å². The fourth-order valence-corrected chi connectivity index (χ4v) is 3.70. The maximum atomic E-state index is 12.4. The number of nitrogens with two attached hydrogens (primary N) is 1. The van der Waals surface area contributed by atoms with Crippen molar-refractivity contribution in [2.45, 2.75) is 31.5 Å². The minimum absolute atomic E-state index is 0.0220. The summed E-state index contributed by atoms with van der Waals surface area (Å²) in [6.07, 6.45) is 0. The largest absolute Gasteiger partial charge is 0.454 e. The van der Waals surface area contributed by atoms with E-state index in [2.05, 4.69) is 4.72 Å². The number of fused-ring (bicyclic) bond motifs is 1. The zero-order valence-corrected chi connectivity index (χ0v) is 15.9. The smallest absolute Gasteiger partial charge is 0.349 e. The molecule has 0 amide bonds. The molecule has 144 valence electrons. The zero-order valence-electron chi connectivity index (χ0n) is 15.1. The lowest BCUT2D eigenvalue weighted by molar-refractivity contribution is -0.127. The number of esters is 1. The van der Waals surface area contributed by atoms with E-state index in [1.165, 1.54) is 18.2 Å². The van der Waals surface area contributed by atoms with E-state index in [0.29, 0.717) is 5.75 Å². The molecule has 0 saturated carbocycles. The minimum atomic E-state index is -3.64. The molecule has 1 aliphatic rings. The van der Waals surface area contributed by atoms with Gasteiger partial charge in [-0.3, -0.25) is 0 Å². The summed E-state index contributed by atoms with van der Waals surface area (Å²) in [4.78, 5) is 12.4. The Morgan fingerprint density at radius 2 is 1.89 bits per heavy atom. The van der Waals surface area contributed by atoms with Crippen LogP contribution in [0.3, 0.4) is 0 Å². The van der Waals surface area contributed by atoms with Crippen LogP contribution in [0.4, 0.5) is 5.69 Å². The quantitative estimate of drug-likeness (QED) is 0.593. The molecule has 3 N–H and O–H groups in total. The molecule has 1 heterocycles. The van der Waals surface area contributed by atoms with Gasteiger partial charge in [0.25, 0.3) is 0 Å². The van der Waals surface area contributed by atoms with Gasteiger partial charge in [0.05, 0.1) is 10.6 Å². The van der Waals surface area contributed by atoms with Crippen LogP contribution in [0, 0.1) is 0 Å². The molecule has 1 aliphatic heterocycles. The summed E-state index contributed by atoms with van der Waals surface area (Å²) in [5.41, 5.74) is 6.20. The van der Waals surface area contributed by atoms with E-state index in [-0.39, 0.29) is 34.2 Å². The first-order chi connectivity index (χ1) is 12.6. The van der Waals surface area contributed by atoms with E-state index in [1.54, 1.807) is 39.0 Å². The summed E-state index contributed by atoms with van der Waals surface area (Å²) in [6, 6.07) is 8.98. The number of nitrogen functional groups attached to an aromatic ring is 1. The molecule has 3 rings (SSSR count). The van der Waals surface area contributed by atoms with Crippen LogP contribution in [0.2, 0.25) is 0 Å². The number of anilines is 1. The predicted octanol–water partition coefficient (Wildman–Crippen LogP) is 2.64. The number of cyclic esters (lactones) is 1. The molecule has 2 aromatic carbocycles. The third-order valence-electron chi connectivity index (χ3n) is 3.73. The Morgan fingerprint density at radius 3 is 2.56 bits per heavy atom. The van der Waals surface area contributed by atoms with Gasteiger partial charge in [-0.15, -0.1) is 0 Å². The number of carbonyl (C=O) groups is 1. The van der Waals surface area contributed by atoms with Gasteiger partial charge in [-0.2, -0.15) is 0 Å². The number of nitrogens with one attached hydrogen (secondary N) is 1. The Kier molecular flexibility index (Phi) is 4.75. The average Bonchev–Trinajstić information content (AvgIpc) is 2.55. The normalized spacial score (nSPS) is 15.4. The molecule has 8 nitrogen and oxygen atoms in total. The summed E-state index contributed by atoms with van der Waals surface area (Å²) < 4.78 is 43.2. The van der Waals surface area contributed by atoms with Crippen LogP contribution in [-0.4, -0.2) is 26.7 Å². The molecule has 0 aliphatic carbocycles. The van der Waals surface area contributed by atoms with Crippen molar-refractivity contribution in [1.29, 1.82) is 0 Å². The van der Waals surface area contributed by atoms with Crippen LogP contribution in [0.15, 0.2) is 41.3 Å². The Hall–Kier alpha value is -2.78. The maximum Gasteiger partial charge on any atom is 0.349 e.